The highest BCUT2D eigenvalue weighted by Gasteiger charge is 2.40. The Balaban J connectivity index is 2.72. The van der Waals surface area contributed by atoms with Crippen LogP contribution < -0.4 is 4.74 Å². The fourth-order valence-corrected chi connectivity index (χ4v) is 3.08. The Kier molecular flexibility index (Phi) is 5.28. The number of rotatable bonds is 3. The Morgan fingerprint density at radius 3 is 2.38 bits per heavy atom. The molecule has 0 spiro atoms. The zero-order valence-corrected chi connectivity index (χ0v) is 14.2. The largest absolute Gasteiger partial charge is 0.479 e. The van der Waals surface area contributed by atoms with Gasteiger partial charge in [0.25, 0.3) is 0 Å². The molecule has 2 aromatic rings. The minimum absolute atomic E-state index is 0.00411. The quantitative estimate of drug-likeness (QED) is 0.467. The Bertz CT molecular complexity index is 837. The Morgan fingerprint density at radius 1 is 1.25 bits per heavy atom. The molecule has 128 valence electrons. The molecule has 0 saturated carbocycles. The summed E-state index contributed by atoms with van der Waals surface area (Å²) in [5.74, 6) is 1.28. The molecule has 2 nitrogen and oxygen atoms in total. The Labute approximate surface area is 149 Å². The van der Waals surface area contributed by atoms with Gasteiger partial charge in [-0.3, -0.25) is 0 Å². The van der Waals surface area contributed by atoms with Crippen LogP contribution in [0.3, 0.4) is 0 Å². The molecule has 0 aliphatic carbocycles. The molecule has 0 radical (unpaired) electrons. The number of hydrogen-bond acceptors (Lipinski definition) is 1. The summed E-state index contributed by atoms with van der Waals surface area (Å²) in [5.41, 5.74) is -1.79. The second-order valence-electron chi connectivity index (χ2n) is 4.64. The zero-order valence-electron chi connectivity index (χ0n) is 11.9. The second kappa shape index (κ2) is 6.75. The van der Waals surface area contributed by atoms with Crippen LogP contribution >= 0.6 is 34.8 Å². The summed E-state index contributed by atoms with van der Waals surface area (Å²) < 4.78 is 59.3. The van der Waals surface area contributed by atoms with Crippen LogP contribution in [0.5, 0.6) is 5.75 Å². The first-order valence-corrected chi connectivity index (χ1v) is 7.39. The van der Waals surface area contributed by atoms with Gasteiger partial charge in [0.1, 0.15) is 29.0 Å². The van der Waals surface area contributed by atoms with Gasteiger partial charge in [0, 0.05) is 18.2 Å². The lowest BCUT2D eigenvalue weighted by atomic mass is 10.1. The molecule has 0 bridgehead atoms. The van der Waals surface area contributed by atoms with E-state index in [4.69, 9.17) is 46.0 Å². The van der Waals surface area contributed by atoms with Crippen molar-refractivity contribution in [2.75, 3.05) is 6.61 Å². The van der Waals surface area contributed by atoms with Crippen molar-refractivity contribution in [2.24, 2.45) is 7.05 Å². The van der Waals surface area contributed by atoms with E-state index >= 15 is 0 Å². The normalized spacial score (nSPS) is 11.5. The van der Waals surface area contributed by atoms with Crippen LogP contribution in [0, 0.1) is 18.2 Å². The highest BCUT2D eigenvalue weighted by molar-refractivity contribution is 6.40. The van der Waals surface area contributed by atoms with E-state index in [1.807, 2.05) is 0 Å². The summed E-state index contributed by atoms with van der Waals surface area (Å²) in [6.45, 7) is -0.158. The van der Waals surface area contributed by atoms with Crippen molar-refractivity contribution in [1.82, 2.24) is 4.57 Å². The molecular formula is C15H8Cl3F4NO. The van der Waals surface area contributed by atoms with E-state index in [0.29, 0.717) is 4.57 Å². The minimum atomic E-state index is -4.76. The summed E-state index contributed by atoms with van der Waals surface area (Å²) in [7, 11) is 1.07. The summed E-state index contributed by atoms with van der Waals surface area (Å²) in [6.07, 6.45) is 0.298. The van der Waals surface area contributed by atoms with Gasteiger partial charge in [-0.05, 0) is 12.1 Å². The van der Waals surface area contributed by atoms with Gasteiger partial charge in [0.15, 0.2) is 0 Å². The van der Waals surface area contributed by atoms with Crippen LogP contribution in [-0.4, -0.2) is 11.2 Å². The highest BCUT2D eigenvalue weighted by atomic mass is 35.5. The monoisotopic (exact) mass is 399 g/mol. The molecule has 9 heteroatoms. The van der Waals surface area contributed by atoms with Crippen molar-refractivity contribution in [3.8, 4) is 29.2 Å². The lowest BCUT2D eigenvalue weighted by Crippen LogP contribution is -2.11. The summed E-state index contributed by atoms with van der Waals surface area (Å²) >= 11 is 17.6. The SMILES string of the molecule is C#CCOc1cc(-c2c(Cl)c(C(F)(F)F)n(C)c2Cl)c(F)cc1Cl. The van der Waals surface area contributed by atoms with Crippen LogP contribution in [0.15, 0.2) is 12.1 Å². The first kappa shape index (κ1) is 18.8. The molecule has 0 fully saturated rings. The lowest BCUT2D eigenvalue weighted by molar-refractivity contribution is -0.142. The van der Waals surface area contributed by atoms with Gasteiger partial charge in [-0.2, -0.15) is 13.2 Å². The summed E-state index contributed by atoms with van der Waals surface area (Å²) in [5, 5.41) is -1.19. The van der Waals surface area contributed by atoms with Gasteiger partial charge >= 0.3 is 6.18 Å². The molecule has 1 aromatic heterocycles. The van der Waals surface area contributed by atoms with Gasteiger partial charge in [0.2, 0.25) is 0 Å². The number of aromatic nitrogens is 1. The van der Waals surface area contributed by atoms with Crippen molar-refractivity contribution in [1.29, 1.82) is 0 Å². The number of nitrogens with zero attached hydrogens (tertiary/aromatic N) is 1. The predicted octanol–water partition coefficient (Wildman–Crippen LogP) is 5.82. The third-order valence-corrected chi connectivity index (χ3v) is 4.24. The number of alkyl halides is 3. The van der Waals surface area contributed by atoms with Crippen LogP contribution in [0.1, 0.15) is 5.69 Å². The molecule has 0 saturated heterocycles. The third-order valence-electron chi connectivity index (χ3n) is 3.13. The van der Waals surface area contributed by atoms with E-state index in [0.717, 1.165) is 19.2 Å². The minimum Gasteiger partial charge on any atom is -0.479 e. The molecule has 1 aromatic carbocycles. The first-order valence-electron chi connectivity index (χ1n) is 6.26. The van der Waals surface area contributed by atoms with Crippen LogP contribution in [0.25, 0.3) is 11.1 Å². The number of halogens is 7. The van der Waals surface area contributed by atoms with Gasteiger partial charge < -0.3 is 9.30 Å². The average Bonchev–Trinajstić information content (AvgIpc) is 2.68. The predicted molar refractivity (Wildman–Crippen MR) is 85.2 cm³/mol. The van der Waals surface area contributed by atoms with Crippen molar-refractivity contribution in [2.45, 2.75) is 6.18 Å². The fraction of sp³-hybridized carbons (Fsp3) is 0.200. The molecule has 0 N–H and O–H groups in total. The van der Waals surface area contributed by atoms with Crippen LogP contribution in [0.4, 0.5) is 17.6 Å². The molecule has 24 heavy (non-hydrogen) atoms. The smallest absolute Gasteiger partial charge is 0.432 e. The molecule has 0 amide bonds. The third kappa shape index (κ3) is 3.30. The van der Waals surface area contributed by atoms with Gasteiger partial charge in [-0.15, -0.1) is 6.42 Å². The maximum atomic E-state index is 14.2. The van der Waals surface area contributed by atoms with Gasteiger partial charge in [-0.1, -0.05) is 40.7 Å². The van der Waals surface area contributed by atoms with Crippen molar-refractivity contribution < 1.29 is 22.3 Å². The molecule has 0 aliphatic heterocycles. The summed E-state index contributed by atoms with van der Waals surface area (Å²) in [6, 6.07) is 1.98. The van der Waals surface area contributed by atoms with Gasteiger partial charge in [0.05, 0.1) is 10.0 Å². The molecular weight excluding hydrogens is 393 g/mol. The molecule has 0 unspecified atom stereocenters. The fourth-order valence-electron chi connectivity index (χ4n) is 2.12. The van der Waals surface area contributed by atoms with Crippen molar-refractivity contribution in [3.63, 3.8) is 0 Å². The standard InChI is InChI=1S/C15H8Cl3F4NO/c1-3-4-24-10-5-7(9(19)6-8(10)16)11-12(17)13(15(20,21)22)23(2)14(11)18/h1,5-6H,4H2,2H3. The lowest BCUT2D eigenvalue weighted by Gasteiger charge is -2.10. The molecule has 2 rings (SSSR count). The Hall–Kier alpha value is -1.55. The van der Waals surface area contributed by atoms with E-state index in [1.165, 1.54) is 0 Å². The van der Waals surface area contributed by atoms with Crippen molar-refractivity contribution in [3.05, 3.63) is 38.8 Å². The topological polar surface area (TPSA) is 14.2 Å². The van der Waals surface area contributed by atoms with Crippen LogP contribution in [-0.2, 0) is 13.2 Å². The molecule has 0 atom stereocenters. The number of benzene rings is 1. The van der Waals surface area contributed by atoms with Gasteiger partial charge in [-0.25, -0.2) is 4.39 Å². The number of ether oxygens (including phenoxy) is 1. The number of hydrogen-bond donors (Lipinski definition) is 0. The van der Waals surface area contributed by atoms with E-state index < -0.39 is 22.7 Å². The molecule has 0 aliphatic rings. The van der Waals surface area contributed by atoms with Crippen LogP contribution in [0.2, 0.25) is 15.2 Å². The van der Waals surface area contributed by atoms with E-state index in [1.54, 1.807) is 0 Å². The number of terminal acetylenes is 1. The van der Waals surface area contributed by atoms with E-state index in [-0.39, 0.29) is 33.7 Å². The summed E-state index contributed by atoms with van der Waals surface area (Å²) in [4.78, 5) is 0. The first-order chi connectivity index (χ1) is 11.1. The van der Waals surface area contributed by atoms with Crippen molar-refractivity contribution >= 4 is 34.8 Å². The Morgan fingerprint density at radius 2 is 1.88 bits per heavy atom. The maximum Gasteiger partial charge on any atom is 0.432 e. The maximum absolute atomic E-state index is 14.2. The average molecular weight is 401 g/mol. The second-order valence-corrected chi connectivity index (χ2v) is 5.78. The van der Waals surface area contributed by atoms with E-state index in [9.17, 15) is 17.6 Å². The highest BCUT2D eigenvalue weighted by Crippen LogP contribution is 2.47. The van der Waals surface area contributed by atoms with E-state index in [2.05, 4.69) is 5.92 Å². The zero-order chi connectivity index (χ0) is 18.2. The molecule has 1 heterocycles.